The highest BCUT2D eigenvalue weighted by Gasteiger charge is 2.37. The summed E-state index contributed by atoms with van der Waals surface area (Å²) in [6.45, 7) is 7.26. The molecule has 1 atom stereocenters. The summed E-state index contributed by atoms with van der Waals surface area (Å²) < 4.78 is 15.7. The van der Waals surface area contributed by atoms with Crippen molar-refractivity contribution in [3.8, 4) is 17.4 Å². The third kappa shape index (κ3) is 4.12. The van der Waals surface area contributed by atoms with Crippen LogP contribution in [0, 0.1) is 12.3 Å². The lowest BCUT2D eigenvalue weighted by Crippen LogP contribution is -2.37. The monoisotopic (exact) mass is 482 g/mol. The van der Waals surface area contributed by atoms with E-state index in [1.807, 2.05) is 64.7 Å². The highest BCUT2D eigenvalue weighted by atomic mass is 16.5. The van der Waals surface area contributed by atoms with E-state index in [0.29, 0.717) is 17.2 Å². The number of nitrogens with one attached hydrogen (secondary N) is 1. The molecule has 1 fully saturated rings. The van der Waals surface area contributed by atoms with Crippen LogP contribution in [0.25, 0.3) is 5.69 Å². The molecule has 4 heterocycles. The Bertz CT molecular complexity index is 1410. The first kappa shape index (κ1) is 22.7. The first-order chi connectivity index (χ1) is 17.7. The predicted molar refractivity (Wildman–Crippen MR) is 136 cm³/mol. The maximum Gasteiger partial charge on any atom is 0.230 e. The molecule has 1 unspecified atom stereocenters. The minimum absolute atomic E-state index is 0.186. The van der Waals surface area contributed by atoms with Crippen molar-refractivity contribution < 1.29 is 9.47 Å². The van der Waals surface area contributed by atoms with Gasteiger partial charge in [-0.2, -0.15) is 5.10 Å². The van der Waals surface area contributed by atoms with Crippen LogP contribution in [0.15, 0.2) is 67.0 Å². The van der Waals surface area contributed by atoms with Gasteiger partial charge in [-0.1, -0.05) is 48.5 Å². The Morgan fingerprint density at radius 3 is 2.42 bits per heavy atom. The van der Waals surface area contributed by atoms with Gasteiger partial charge in [0.15, 0.2) is 0 Å². The van der Waals surface area contributed by atoms with Crippen molar-refractivity contribution >= 4 is 0 Å². The van der Waals surface area contributed by atoms with Crippen molar-refractivity contribution in [3.63, 3.8) is 0 Å². The number of hydrogen-bond acceptors (Lipinski definition) is 6. The summed E-state index contributed by atoms with van der Waals surface area (Å²) in [6, 6.07) is 20.3. The SMILES string of the molecule is Cc1nn(-c2ccccc2)c2c1C(c1ccccc1)c1c(ncn(CCCN3CCOCC3)c1=N)O2. The molecule has 0 radical (unpaired) electrons. The average molecular weight is 483 g/mol. The molecule has 8 heteroatoms. The Morgan fingerprint density at radius 1 is 0.944 bits per heavy atom. The van der Waals surface area contributed by atoms with E-state index in [1.165, 1.54) is 0 Å². The van der Waals surface area contributed by atoms with Crippen LogP contribution >= 0.6 is 0 Å². The number of morpholine rings is 1. The number of rotatable bonds is 6. The zero-order chi connectivity index (χ0) is 24.5. The number of ether oxygens (including phenoxy) is 2. The molecule has 2 aromatic carbocycles. The van der Waals surface area contributed by atoms with Gasteiger partial charge in [0, 0.05) is 26.2 Å². The van der Waals surface area contributed by atoms with Crippen molar-refractivity contribution in [3.05, 3.63) is 94.9 Å². The molecule has 0 saturated carbocycles. The molecular formula is C28H30N6O2. The van der Waals surface area contributed by atoms with E-state index >= 15 is 0 Å². The minimum atomic E-state index is -0.186. The molecule has 6 rings (SSSR count). The number of hydrogen-bond donors (Lipinski definition) is 1. The summed E-state index contributed by atoms with van der Waals surface area (Å²) in [5, 5.41) is 14.0. The summed E-state index contributed by atoms with van der Waals surface area (Å²) in [5.74, 6) is 0.953. The second-order valence-corrected chi connectivity index (χ2v) is 9.31. The number of nitrogens with zero attached hydrogens (tertiary/aromatic N) is 5. The largest absolute Gasteiger partial charge is 0.420 e. The summed E-state index contributed by atoms with van der Waals surface area (Å²) in [6.07, 6.45) is 2.69. The van der Waals surface area contributed by atoms with Crippen LogP contribution < -0.4 is 10.2 Å². The van der Waals surface area contributed by atoms with Crippen molar-refractivity contribution in [1.29, 1.82) is 5.41 Å². The molecule has 0 bridgehead atoms. The first-order valence-corrected chi connectivity index (χ1v) is 12.5. The molecule has 2 aromatic heterocycles. The van der Waals surface area contributed by atoms with E-state index in [9.17, 15) is 5.41 Å². The minimum Gasteiger partial charge on any atom is -0.420 e. The molecule has 2 aliphatic heterocycles. The zero-order valence-corrected chi connectivity index (χ0v) is 20.4. The number of benzene rings is 2. The molecule has 1 N–H and O–H groups in total. The predicted octanol–water partition coefficient (Wildman–Crippen LogP) is 3.86. The lowest BCUT2D eigenvalue weighted by Gasteiger charge is -2.28. The molecule has 36 heavy (non-hydrogen) atoms. The standard InChI is InChI=1S/C28H30N6O2/c1-20-23-24(21-9-4-2-5-10-21)25-26(29)33(14-8-13-32-15-17-35-18-16-32)19-30-27(25)36-28(23)34(31-20)22-11-6-3-7-12-22/h2-7,9-12,19,24,29H,8,13-18H2,1H3. The normalized spacial score (nSPS) is 17.3. The van der Waals surface area contributed by atoms with Gasteiger partial charge in [0.05, 0.1) is 41.6 Å². The lowest BCUT2D eigenvalue weighted by atomic mass is 9.84. The van der Waals surface area contributed by atoms with Crippen LogP contribution in [0.2, 0.25) is 0 Å². The summed E-state index contributed by atoms with van der Waals surface area (Å²) in [4.78, 5) is 7.13. The Kier molecular flexibility index (Phi) is 6.13. The van der Waals surface area contributed by atoms with Crippen molar-refractivity contribution in [2.45, 2.75) is 25.8 Å². The summed E-state index contributed by atoms with van der Waals surface area (Å²) in [7, 11) is 0. The zero-order valence-electron chi connectivity index (χ0n) is 20.4. The average Bonchev–Trinajstić information content (AvgIpc) is 3.26. The van der Waals surface area contributed by atoms with Gasteiger partial charge in [0.1, 0.15) is 11.8 Å². The fraction of sp³-hybridized carbons (Fsp3) is 0.321. The van der Waals surface area contributed by atoms with Gasteiger partial charge in [-0.05, 0) is 31.0 Å². The van der Waals surface area contributed by atoms with Gasteiger partial charge in [0.2, 0.25) is 11.8 Å². The van der Waals surface area contributed by atoms with E-state index in [1.54, 1.807) is 6.33 Å². The van der Waals surface area contributed by atoms with Crippen molar-refractivity contribution in [2.75, 3.05) is 32.8 Å². The number of para-hydroxylation sites is 1. The topological polar surface area (TPSA) is 81.2 Å². The third-order valence-corrected chi connectivity index (χ3v) is 7.03. The first-order valence-electron chi connectivity index (χ1n) is 12.5. The van der Waals surface area contributed by atoms with Crippen molar-refractivity contribution in [1.82, 2.24) is 24.2 Å². The fourth-order valence-corrected chi connectivity index (χ4v) is 5.21. The Morgan fingerprint density at radius 2 is 1.67 bits per heavy atom. The van der Waals surface area contributed by atoms with Crippen LogP contribution in [0.5, 0.6) is 11.8 Å². The molecule has 0 aliphatic carbocycles. The molecule has 0 amide bonds. The van der Waals surface area contributed by atoms with Gasteiger partial charge in [-0.3, -0.25) is 10.3 Å². The van der Waals surface area contributed by atoms with E-state index in [-0.39, 0.29) is 5.92 Å². The smallest absolute Gasteiger partial charge is 0.230 e. The second-order valence-electron chi connectivity index (χ2n) is 9.31. The molecule has 4 aromatic rings. The molecule has 2 aliphatic rings. The van der Waals surface area contributed by atoms with E-state index in [2.05, 4.69) is 17.0 Å². The summed E-state index contributed by atoms with van der Waals surface area (Å²) in [5.41, 5.74) is 5.12. The van der Waals surface area contributed by atoms with Crippen LogP contribution in [0.3, 0.4) is 0 Å². The lowest BCUT2D eigenvalue weighted by molar-refractivity contribution is 0.0369. The van der Waals surface area contributed by atoms with Gasteiger partial charge >= 0.3 is 0 Å². The number of aryl methyl sites for hydroxylation is 2. The number of fused-ring (bicyclic) bond motifs is 2. The maximum atomic E-state index is 9.19. The quantitative estimate of drug-likeness (QED) is 0.397. The summed E-state index contributed by atoms with van der Waals surface area (Å²) >= 11 is 0. The van der Waals surface area contributed by atoms with E-state index in [4.69, 9.17) is 19.6 Å². The molecular weight excluding hydrogens is 452 g/mol. The van der Waals surface area contributed by atoms with Crippen LogP contribution in [-0.2, 0) is 11.3 Å². The second kappa shape index (κ2) is 9.72. The van der Waals surface area contributed by atoms with Crippen LogP contribution in [0.1, 0.15) is 34.7 Å². The molecule has 0 spiro atoms. The Balaban J connectivity index is 1.40. The van der Waals surface area contributed by atoms with E-state index < -0.39 is 0 Å². The highest BCUT2D eigenvalue weighted by molar-refractivity contribution is 5.57. The maximum absolute atomic E-state index is 9.19. The van der Waals surface area contributed by atoms with Crippen LogP contribution in [0.4, 0.5) is 0 Å². The fourth-order valence-electron chi connectivity index (χ4n) is 5.21. The molecule has 184 valence electrons. The Hall–Kier alpha value is -3.75. The molecule has 1 saturated heterocycles. The van der Waals surface area contributed by atoms with Gasteiger partial charge < -0.3 is 14.0 Å². The third-order valence-electron chi connectivity index (χ3n) is 7.03. The molecule has 8 nitrogen and oxygen atoms in total. The van der Waals surface area contributed by atoms with Crippen molar-refractivity contribution in [2.24, 2.45) is 0 Å². The van der Waals surface area contributed by atoms with E-state index in [0.717, 1.165) is 73.9 Å². The van der Waals surface area contributed by atoms with Crippen LogP contribution in [-0.4, -0.2) is 57.1 Å². The van der Waals surface area contributed by atoms with Gasteiger partial charge in [-0.25, -0.2) is 9.67 Å². The van der Waals surface area contributed by atoms with Gasteiger partial charge in [0.25, 0.3) is 0 Å². The number of aromatic nitrogens is 4. The van der Waals surface area contributed by atoms with Gasteiger partial charge in [-0.15, -0.1) is 0 Å². The highest BCUT2D eigenvalue weighted by Crippen LogP contribution is 2.47. The Labute approximate surface area is 210 Å².